The number of hydrogen-bond acceptors (Lipinski definition) is 7. The lowest BCUT2D eigenvalue weighted by molar-refractivity contribution is -0.146. The molecule has 0 aliphatic rings. The number of esters is 1. The zero-order valence-corrected chi connectivity index (χ0v) is 19.2. The second-order valence-electron chi connectivity index (χ2n) is 6.90. The Labute approximate surface area is 196 Å². The Morgan fingerprint density at radius 3 is 2.67 bits per heavy atom. The third-order valence-electron chi connectivity index (χ3n) is 4.40. The number of para-hydroxylation sites is 1. The first kappa shape index (κ1) is 23.9. The molecule has 0 bridgehead atoms. The Kier molecular flexibility index (Phi) is 8.54. The number of thiazole rings is 1. The van der Waals surface area contributed by atoms with Crippen molar-refractivity contribution in [2.45, 2.75) is 20.3 Å². The fourth-order valence-corrected chi connectivity index (χ4v) is 3.83. The molecule has 0 radical (unpaired) electrons. The first-order valence-corrected chi connectivity index (χ1v) is 11.4. The van der Waals surface area contributed by atoms with Crippen LogP contribution in [-0.4, -0.2) is 42.5 Å². The van der Waals surface area contributed by atoms with Crippen LogP contribution in [0.5, 0.6) is 5.75 Å². The standard InChI is InChI=1S/C24H25N3O5S/c1-3-25-23(30)16-8-7-9-17(12-16)26-21(28)14-32-22(29)13-18-15-33-24(27-18)19-10-5-6-11-20(19)31-4-2/h5-12,15H,3-4,13-14H2,1-2H3,(H,25,30)(H,26,28). The molecule has 1 heterocycles. The first-order chi connectivity index (χ1) is 16.0. The number of benzene rings is 2. The molecule has 9 heteroatoms. The lowest BCUT2D eigenvalue weighted by Crippen LogP contribution is -2.24. The van der Waals surface area contributed by atoms with Crippen molar-refractivity contribution in [3.05, 3.63) is 65.2 Å². The second-order valence-corrected chi connectivity index (χ2v) is 7.76. The van der Waals surface area contributed by atoms with Crippen molar-refractivity contribution in [3.8, 4) is 16.3 Å². The summed E-state index contributed by atoms with van der Waals surface area (Å²) in [5.41, 5.74) is 2.29. The molecule has 2 N–H and O–H groups in total. The van der Waals surface area contributed by atoms with E-state index in [0.717, 1.165) is 16.3 Å². The number of aromatic nitrogens is 1. The van der Waals surface area contributed by atoms with E-state index in [-0.39, 0.29) is 12.3 Å². The number of anilines is 1. The Bertz CT molecular complexity index is 1130. The van der Waals surface area contributed by atoms with Crippen LogP contribution < -0.4 is 15.4 Å². The molecule has 1 aromatic heterocycles. The predicted octanol–water partition coefficient (Wildman–Crippen LogP) is 3.68. The number of carbonyl (C=O) groups is 3. The lowest BCUT2D eigenvalue weighted by atomic mass is 10.2. The van der Waals surface area contributed by atoms with Gasteiger partial charge in [0.2, 0.25) is 0 Å². The lowest BCUT2D eigenvalue weighted by Gasteiger charge is -2.08. The van der Waals surface area contributed by atoms with Crippen molar-refractivity contribution in [3.63, 3.8) is 0 Å². The quantitative estimate of drug-likeness (QED) is 0.441. The number of nitrogens with one attached hydrogen (secondary N) is 2. The topological polar surface area (TPSA) is 107 Å². The number of nitrogens with zero attached hydrogens (tertiary/aromatic N) is 1. The van der Waals surface area contributed by atoms with Gasteiger partial charge in [-0.25, -0.2) is 4.98 Å². The molecular formula is C24H25N3O5S. The largest absolute Gasteiger partial charge is 0.493 e. The minimum atomic E-state index is -0.559. The van der Waals surface area contributed by atoms with E-state index in [1.165, 1.54) is 11.3 Å². The van der Waals surface area contributed by atoms with Crippen LogP contribution in [0.2, 0.25) is 0 Å². The predicted molar refractivity (Wildman–Crippen MR) is 126 cm³/mol. The summed E-state index contributed by atoms with van der Waals surface area (Å²) in [5, 5.41) is 7.84. The average molecular weight is 468 g/mol. The highest BCUT2D eigenvalue weighted by molar-refractivity contribution is 7.13. The zero-order chi connectivity index (χ0) is 23.6. The highest BCUT2D eigenvalue weighted by atomic mass is 32.1. The molecule has 3 aromatic rings. The molecule has 8 nitrogen and oxygen atoms in total. The van der Waals surface area contributed by atoms with Crippen LogP contribution in [0.25, 0.3) is 10.6 Å². The molecule has 2 aromatic carbocycles. The van der Waals surface area contributed by atoms with Crippen LogP contribution in [0.3, 0.4) is 0 Å². The fraction of sp³-hybridized carbons (Fsp3) is 0.250. The van der Waals surface area contributed by atoms with Gasteiger partial charge in [0, 0.05) is 23.2 Å². The maximum atomic E-state index is 12.2. The number of carbonyl (C=O) groups excluding carboxylic acids is 3. The van der Waals surface area contributed by atoms with E-state index in [1.807, 2.05) is 38.1 Å². The third-order valence-corrected chi connectivity index (χ3v) is 5.33. The van der Waals surface area contributed by atoms with Crippen molar-refractivity contribution in [2.24, 2.45) is 0 Å². The van der Waals surface area contributed by atoms with E-state index >= 15 is 0 Å². The highest BCUT2D eigenvalue weighted by Crippen LogP contribution is 2.32. The maximum absolute atomic E-state index is 12.2. The molecular weight excluding hydrogens is 442 g/mol. The van der Waals surface area contributed by atoms with Crippen molar-refractivity contribution < 1.29 is 23.9 Å². The molecule has 0 fully saturated rings. The van der Waals surface area contributed by atoms with Crippen LogP contribution in [0.1, 0.15) is 29.9 Å². The van der Waals surface area contributed by atoms with Gasteiger partial charge in [-0.1, -0.05) is 18.2 Å². The Morgan fingerprint density at radius 1 is 1.06 bits per heavy atom. The van der Waals surface area contributed by atoms with Gasteiger partial charge < -0.3 is 20.1 Å². The normalized spacial score (nSPS) is 10.4. The van der Waals surface area contributed by atoms with Crippen LogP contribution in [0, 0.1) is 0 Å². The van der Waals surface area contributed by atoms with E-state index in [9.17, 15) is 14.4 Å². The third kappa shape index (κ3) is 6.88. The molecule has 0 saturated heterocycles. The molecule has 0 aliphatic heterocycles. The van der Waals surface area contributed by atoms with Crippen molar-refractivity contribution in [1.29, 1.82) is 0 Å². The van der Waals surface area contributed by atoms with Gasteiger partial charge in [-0.05, 0) is 44.2 Å². The summed E-state index contributed by atoms with van der Waals surface area (Å²) in [4.78, 5) is 40.7. The van der Waals surface area contributed by atoms with Crippen molar-refractivity contribution >= 4 is 34.8 Å². The van der Waals surface area contributed by atoms with Crippen LogP contribution in [0.4, 0.5) is 5.69 Å². The Morgan fingerprint density at radius 2 is 1.88 bits per heavy atom. The van der Waals surface area contributed by atoms with E-state index in [0.29, 0.717) is 30.1 Å². The van der Waals surface area contributed by atoms with Crippen LogP contribution >= 0.6 is 11.3 Å². The van der Waals surface area contributed by atoms with Gasteiger partial charge in [0.25, 0.3) is 11.8 Å². The summed E-state index contributed by atoms with van der Waals surface area (Å²) in [5.74, 6) is -0.555. The van der Waals surface area contributed by atoms with E-state index < -0.39 is 18.5 Å². The summed E-state index contributed by atoms with van der Waals surface area (Å²) in [6.07, 6.45) is -0.0484. The van der Waals surface area contributed by atoms with Gasteiger partial charge >= 0.3 is 5.97 Å². The smallest absolute Gasteiger partial charge is 0.312 e. The monoisotopic (exact) mass is 467 g/mol. The van der Waals surface area contributed by atoms with Gasteiger partial charge in [-0.3, -0.25) is 14.4 Å². The summed E-state index contributed by atoms with van der Waals surface area (Å²) in [7, 11) is 0. The van der Waals surface area contributed by atoms with Gasteiger partial charge in [0.15, 0.2) is 6.61 Å². The van der Waals surface area contributed by atoms with Crippen LogP contribution in [-0.2, 0) is 20.7 Å². The summed E-state index contributed by atoms with van der Waals surface area (Å²) < 4.78 is 10.7. The van der Waals surface area contributed by atoms with Crippen molar-refractivity contribution in [1.82, 2.24) is 10.3 Å². The van der Waals surface area contributed by atoms with Crippen molar-refractivity contribution in [2.75, 3.05) is 25.1 Å². The van der Waals surface area contributed by atoms with E-state index in [1.54, 1.807) is 29.6 Å². The Balaban J connectivity index is 1.52. The van der Waals surface area contributed by atoms with Gasteiger partial charge in [0.05, 0.1) is 24.3 Å². The summed E-state index contributed by atoms with van der Waals surface area (Å²) in [6, 6.07) is 14.1. The number of rotatable bonds is 10. The number of hydrogen-bond donors (Lipinski definition) is 2. The molecule has 0 aliphatic carbocycles. The SMILES string of the molecule is CCNC(=O)c1cccc(NC(=O)COC(=O)Cc2csc(-c3ccccc3OCC)n2)c1. The molecule has 2 amide bonds. The molecule has 33 heavy (non-hydrogen) atoms. The highest BCUT2D eigenvalue weighted by Gasteiger charge is 2.14. The minimum Gasteiger partial charge on any atom is -0.493 e. The van der Waals surface area contributed by atoms with Gasteiger partial charge in [-0.15, -0.1) is 11.3 Å². The van der Waals surface area contributed by atoms with E-state index in [4.69, 9.17) is 9.47 Å². The fourth-order valence-electron chi connectivity index (χ4n) is 2.98. The second kappa shape index (κ2) is 11.8. The minimum absolute atomic E-state index is 0.0484. The first-order valence-electron chi connectivity index (χ1n) is 10.5. The summed E-state index contributed by atoms with van der Waals surface area (Å²) in [6.45, 7) is 4.35. The number of amides is 2. The molecule has 0 atom stereocenters. The van der Waals surface area contributed by atoms with Crippen LogP contribution in [0.15, 0.2) is 53.9 Å². The van der Waals surface area contributed by atoms with Gasteiger partial charge in [0.1, 0.15) is 10.8 Å². The molecule has 0 unspecified atom stereocenters. The van der Waals surface area contributed by atoms with Gasteiger partial charge in [-0.2, -0.15) is 0 Å². The molecule has 3 rings (SSSR count). The van der Waals surface area contributed by atoms with E-state index in [2.05, 4.69) is 15.6 Å². The zero-order valence-electron chi connectivity index (χ0n) is 18.4. The average Bonchev–Trinajstić information content (AvgIpc) is 3.27. The Hall–Kier alpha value is -3.72. The molecule has 0 spiro atoms. The summed E-state index contributed by atoms with van der Waals surface area (Å²) >= 11 is 1.41. The molecule has 0 saturated carbocycles. The number of ether oxygens (including phenoxy) is 2. The molecule has 172 valence electrons. The maximum Gasteiger partial charge on any atom is 0.312 e.